The molecule has 0 aliphatic carbocycles. The number of aliphatic imine (C=N–C) groups is 1. The lowest BCUT2D eigenvalue weighted by molar-refractivity contribution is 0.0977. The van der Waals surface area contributed by atoms with E-state index < -0.39 is 0 Å². The molecule has 0 aliphatic rings. The maximum atomic E-state index is 13.1. The second-order valence-electron chi connectivity index (χ2n) is 8.40. The molecule has 0 aliphatic heterocycles. The topological polar surface area (TPSA) is 74.5 Å². The van der Waals surface area contributed by atoms with Crippen molar-refractivity contribution in [1.82, 2.24) is 15.1 Å². The summed E-state index contributed by atoms with van der Waals surface area (Å²) in [4.78, 5) is 19.8. The maximum Gasteiger partial charge on any atom is 0.258 e. The van der Waals surface area contributed by atoms with Gasteiger partial charge >= 0.3 is 0 Å². The third kappa shape index (κ3) is 5.61. The average Bonchev–Trinajstić information content (AvgIpc) is 3.07. The van der Waals surface area contributed by atoms with Crippen molar-refractivity contribution in [2.45, 2.75) is 47.7 Å². The van der Waals surface area contributed by atoms with E-state index >= 15 is 0 Å². The highest BCUT2D eigenvalue weighted by Gasteiger charge is 2.14. The Hall–Kier alpha value is -3.61. The van der Waals surface area contributed by atoms with Crippen molar-refractivity contribution in [3.05, 3.63) is 76.1 Å². The van der Waals surface area contributed by atoms with E-state index in [1.54, 1.807) is 6.07 Å². The summed E-state index contributed by atoms with van der Waals surface area (Å²) in [6.07, 6.45) is 0. The molecular weight excluding hydrogens is 412 g/mol. The van der Waals surface area contributed by atoms with Crippen molar-refractivity contribution in [2.75, 3.05) is 24.3 Å². The van der Waals surface area contributed by atoms with E-state index in [1.165, 1.54) is 5.56 Å². The lowest BCUT2D eigenvalue weighted by Crippen LogP contribution is -2.36. The van der Waals surface area contributed by atoms with Crippen LogP contribution in [0.2, 0.25) is 0 Å². The van der Waals surface area contributed by atoms with E-state index in [0.717, 1.165) is 40.4 Å². The molecule has 1 heterocycles. The molecule has 0 spiro atoms. The van der Waals surface area contributed by atoms with Gasteiger partial charge in [-0.2, -0.15) is 5.10 Å². The van der Waals surface area contributed by atoms with E-state index in [-0.39, 0.29) is 5.91 Å². The van der Waals surface area contributed by atoms with E-state index in [9.17, 15) is 4.79 Å². The molecule has 33 heavy (non-hydrogen) atoms. The molecule has 174 valence electrons. The number of benzene rings is 2. The fourth-order valence-corrected chi connectivity index (χ4v) is 3.66. The van der Waals surface area contributed by atoms with Gasteiger partial charge in [-0.05, 0) is 70.0 Å². The Morgan fingerprint density at radius 1 is 1.09 bits per heavy atom. The van der Waals surface area contributed by atoms with Crippen LogP contribution in [0.3, 0.4) is 0 Å². The zero-order chi connectivity index (χ0) is 24.1. The normalized spacial score (nSPS) is 11.4. The summed E-state index contributed by atoms with van der Waals surface area (Å²) in [5.74, 6) is 0.194. The van der Waals surface area contributed by atoms with Gasteiger partial charge in [-0.25, -0.2) is 4.99 Å². The molecule has 0 radical (unpaired) electrons. The summed E-state index contributed by atoms with van der Waals surface area (Å²) in [5.41, 5.74) is 7.84. The van der Waals surface area contributed by atoms with Crippen LogP contribution >= 0.6 is 0 Å². The van der Waals surface area contributed by atoms with Crippen molar-refractivity contribution < 1.29 is 4.79 Å². The number of anilines is 2. The molecule has 7 nitrogen and oxygen atoms in total. The van der Waals surface area contributed by atoms with Crippen LogP contribution in [0.1, 0.15) is 45.4 Å². The Labute approximate surface area is 196 Å². The molecule has 0 fully saturated rings. The summed E-state index contributed by atoms with van der Waals surface area (Å²) in [7, 11) is 3.90. The lowest BCUT2D eigenvalue weighted by atomic mass is 10.1. The van der Waals surface area contributed by atoms with E-state index in [0.29, 0.717) is 18.1 Å². The minimum Gasteiger partial charge on any atom is -0.378 e. The number of hydrogen-bond donors (Lipinski definition) is 2. The predicted molar refractivity (Wildman–Crippen MR) is 136 cm³/mol. The van der Waals surface area contributed by atoms with Gasteiger partial charge in [-0.15, -0.1) is 0 Å². The van der Waals surface area contributed by atoms with Crippen LogP contribution in [0.25, 0.3) is 0 Å². The van der Waals surface area contributed by atoms with Crippen molar-refractivity contribution in [3.8, 4) is 0 Å². The number of nitrogens with zero attached hydrogens (tertiary/aromatic N) is 4. The minimum atomic E-state index is -0.215. The molecule has 2 aromatic carbocycles. The Morgan fingerprint density at radius 3 is 2.48 bits per heavy atom. The molecule has 0 atom stereocenters. The molecule has 1 aromatic heterocycles. The van der Waals surface area contributed by atoms with Crippen LogP contribution in [0, 0.1) is 27.7 Å². The molecule has 2 N–H and O–H groups in total. The average molecular weight is 447 g/mol. The number of aromatic nitrogens is 2. The standard InChI is InChI=1S/C26H34N6O/c1-8-32-20(5)23(19(4)30-32)16-27-26(28-24-14-9-11-17(2)18(24)3)29-25(33)21-12-10-13-22(15-21)31(6)7/h9-15H,8,16H2,1-7H3,(H2,27,28,29,33). The van der Waals surface area contributed by atoms with Crippen LogP contribution in [0.15, 0.2) is 47.5 Å². The molecule has 0 saturated carbocycles. The van der Waals surface area contributed by atoms with Gasteiger partial charge < -0.3 is 10.2 Å². The first kappa shape index (κ1) is 24.0. The zero-order valence-electron chi connectivity index (χ0n) is 20.7. The number of aryl methyl sites for hydroxylation is 3. The molecule has 0 bridgehead atoms. The largest absolute Gasteiger partial charge is 0.378 e. The first-order valence-corrected chi connectivity index (χ1v) is 11.2. The Balaban J connectivity index is 1.92. The molecule has 1 amide bonds. The smallest absolute Gasteiger partial charge is 0.258 e. The Morgan fingerprint density at radius 2 is 1.82 bits per heavy atom. The number of carbonyl (C=O) groups is 1. The van der Waals surface area contributed by atoms with Crippen LogP contribution in [-0.4, -0.2) is 35.7 Å². The van der Waals surface area contributed by atoms with E-state index in [2.05, 4.69) is 49.5 Å². The van der Waals surface area contributed by atoms with Crippen LogP contribution in [-0.2, 0) is 13.1 Å². The second-order valence-corrected chi connectivity index (χ2v) is 8.40. The number of hydrogen-bond acceptors (Lipinski definition) is 4. The van der Waals surface area contributed by atoms with Gasteiger partial charge in [0.25, 0.3) is 5.91 Å². The van der Waals surface area contributed by atoms with Crippen LogP contribution < -0.4 is 15.5 Å². The highest BCUT2D eigenvalue weighted by Crippen LogP contribution is 2.19. The lowest BCUT2D eigenvalue weighted by Gasteiger charge is -2.16. The van der Waals surface area contributed by atoms with Gasteiger partial charge in [0, 0.05) is 48.8 Å². The van der Waals surface area contributed by atoms with Crippen molar-refractivity contribution in [1.29, 1.82) is 0 Å². The van der Waals surface area contributed by atoms with Gasteiger partial charge in [-0.1, -0.05) is 18.2 Å². The highest BCUT2D eigenvalue weighted by molar-refractivity contribution is 6.10. The van der Waals surface area contributed by atoms with Gasteiger partial charge in [0.05, 0.1) is 12.2 Å². The third-order valence-corrected chi connectivity index (χ3v) is 5.94. The quantitative estimate of drug-likeness (QED) is 0.429. The summed E-state index contributed by atoms with van der Waals surface area (Å²) >= 11 is 0. The molecule has 0 saturated heterocycles. The zero-order valence-corrected chi connectivity index (χ0v) is 20.7. The molecule has 0 unspecified atom stereocenters. The minimum absolute atomic E-state index is 0.215. The first-order chi connectivity index (χ1) is 15.7. The van der Waals surface area contributed by atoms with Crippen molar-refractivity contribution in [3.63, 3.8) is 0 Å². The summed E-state index contributed by atoms with van der Waals surface area (Å²) < 4.78 is 1.98. The van der Waals surface area contributed by atoms with Gasteiger partial charge in [0.2, 0.25) is 5.96 Å². The predicted octanol–water partition coefficient (Wildman–Crippen LogP) is 4.60. The number of rotatable bonds is 6. The number of amides is 1. The molecule has 3 rings (SSSR count). The Kier molecular flexibility index (Phi) is 7.53. The second kappa shape index (κ2) is 10.3. The van der Waals surface area contributed by atoms with Gasteiger partial charge in [0.1, 0.15) is 0 Å². The summed E-state index contributed by atoms with van der Waals surface area (Å²) in [5, 5.41) is 10.9. The van der Waals surface area contributed by atoms with Crippen molar-refractivity contribution >= 4 is 23.2 Å². The van der Waals surface area contributed by atoms with Gasteiger partial charge in [0.15, 0.2) is 0 Å². The molecular formula is C26H34N6O. The van der Waals surface area contributed by atoms with Crippen LogP contribution in [0.5, 0.6) is 0 Å². The number of guanidine groups is 1. The van der Waals surface area contributed by atoms with Crippen molar-refractivity contribution in [2.24, 2.45) is 4.99 Å². The first-order valence-electron chi connectivity index (χ1n) is 11.2. The van der Waals surface area contributed by atoms with E-state index in [1.807, 2.05) is 60.9 Å². The SMILES string of the molecule is CCn1nc(C)c(CN=C(NC(=O)c2cccc(N(C)C)c2)Nc2cccc(C)c2C)c1C. The fraction of sp³-hybridized carbons (Fsp3) is 0.346. The number of carbonyl (C=O) groups excluding carboxylic acids is 1. The summed E-state index contributed by atoms with van der Waals surface area (Å²) in [6, 6.07) is 13.6. The summed E-state index contributed by atoms with van der Waals surface area (Å²) in [6.45, 7) is 11.5. The fourth-order valence-electron chi connectivity index (χ4n) is 3.66. The third-order valence-electron chi connectivity index (χ3n) is 5.94. The molecule has 3 aromatic rings. The van der Waals surface area contributed by atoms with Crippen LogP contribution in [0.4, 0.5) is 11.4 Å². The molecule has 7 heteroatoms. The van der Waals surface area contributed by atoms with E-state index in [4.69, 9.17) is 4.99 Å². The van der Waals surface area contributed by atoms with Gasteiger partial charge in [-0.3, -0.25) is 14.8 Å². The highest BCUT2D eigenvalue weighted by atomic mass is 16.1. The Bertz CT molecular complexity index is 1180. The maximum absolute atomic E-state index is 13.1. The number of nitrogens with one attached hydrogen (secondary N) is 2. The monoisotopic (exact) mass is 446 g/mol.